The molecule has 0 aliphatic carbocycles. The molecule has 0 bridgehead atoms. The minimum atomic E-state index is -4.28. The molecule has 0 saturated carbocycles. The van der Waals surface area contributed by atoms with Crippen LogP contribution in [0.25, 0.3) is 0 Å². The lowest BCUT2D eigenvalue weighted by atomic mass is 9.81. The summed E-state index contributed by atoms with van der Waals surface area (Å²) in [7, 11) is 0. The van der Waals surface area contributed by atoms with Crippen LogP contribution in [-0.4, -0.2) is 5.71 Å². The Hall–Kier alpha value is -1.32. The van der Waals surface area contributed by atoms with E-state index in [-0.39, 0.29) is 5.41 Å². The summed E-state index contributed by atoms with van der Waals surface area (Å²) in [5.41, 5.74) is 1.52. The SMILES string of the molecule is CC1=[NH+]c2ccc(C(F)(F)F)cc2C1(C)C. The van der Waals surface area contributed by atoms with E-state index in [0.717, 1.165) is 17.5 Å². The van der Waals surface area contributed by atoms with Gasteiger partial charge in [-0.3, -0.25) is 0 Å². The molecule has 0 aromatic heterocycles. The summed E-state index contributed by atoms with van der Waals surface area (Å²) in [5.74, 6) is 0. The summed E-state index contributed by atoms with van der Waals surface area (Å²) in [6.45, 7) is 5.73. The first-order valence-corrected chi connectivity index (χ1v) is 5.05. The minimum absolute atomic E-state index is 0.351. The zero-order valence-electron chi connectivity index (χ0n) is 9.37. The lowest BCUT2D eigenvalue weighted by Crippen LogP contribution is -2.64. The Kier molecular flexibility index (Phi) is 2.16. The molecule has 86 valence electrons. The number of nitrogens with one attached hydrogen (secondary N) is 1. The Labute approximate surface area is 92.0 Å². The average Bonchev–Trinajstić information content (AvgIpc) is 2.37. The highest BCUT2D eigenvalue weighted by Crippen LogP contribution is 2.36. The fourth-order valence-corrected chi connectivity index (χ4v) is 1.91. The summed E-state index contributed by atoms with van der Waals surface area (Å²) < 4.78 is 37.7. The maximum absolute atomic E-state index is 12.6. The van der Waals surface area contributed by atoms with Crippen LogP contribution in [0.15, 0.2) is 18.2 Å². The Bertz CT molecular complexity index is 470. The van der Waals surface area contributed by atoms with Crippen LogP contribution < -0.4 is 4.99 Å². The monoisotopic (exact) mass is 228 g/mol. The molecule has 0 fully saturated rings. The van der Waals surface area contributed by atoms with E-state index in [1.54, 1.807) is 0 Å². The summed E-state index contributed by atoms with van der Waals surface area (Å²) in [6, 6.07) is 3.84. The van der Waals surface area contributed by atoms with Gasteiger partial charge in [-0.25, -0.2) is 4.99 Å². The van der Waals surface area contributed by atoms with Crippen LogP contribution in [0.4, 0.5) is 18.9 Å². The molecule has 1 N–H and O–H groups in total. The largest absolute Gasteiger partial charge is 0.416 e. The third kappa shape index (κ3) is 1.52. The number of halogens is 3. The lowest BCUT2D eigenvalue weighted by Gasteiger charge is -2.16. The van der Waals surface area contributed by atoms with Crippen LogP contribution >= 0.6 is 0 Å². The van der Waals surface area contributed by atoms with Crippen LogP contribution in [0.2, 0.25) is 0 Å². The number of benzene rings is 1. The molecule has 0 unspecified atom stereocenters. The topological polar surface area (TPSA) is 14.0 Å². The molecule has 2 rings (SSSR count). The van der Waals surface area contributed by atoms with Gasteiger partial charge in [0.05, 0.1) is 11.0 Å². The number of hydrogen-bond acceptors (Lipinski definition) is 0. The van der Waals surface area contributed by atoms with Crippen molar-refractivity contribution >= 4 is 11.4 Å². The van der Waals surface area contributed by atoms with Gasteiger partial charge in [0.1, 0.15) is 0 Å². The molecule has 1 aliphatic rings. The molecule has 1 aromatic rings. The quantitative estimate of drug-likeness (QED) is 0.699. The van der Waals surface area contributed by atoms with E-state index in [0.29, 0.717) is 5.56 Å². The highest BCUT2D eigenvalue weighted by Gasteiger charge is 2.41. The van der Waals surface area contributed by atoms with Crippen molar-refractivity contribution in [2.24, 2.45) is 0 Å². The third-order valence-electron chi connectivity index (χ3n) is 3.28. The number of hydrogen-bond donors (Lipinski definition) is 1. The van der Waals surface area contributed by atoms with E-state index in [9.17, 15) is 13.2 Å². The number of rotatable bonds is 0. The summed E-state index contributed by atoms with van der Waals surface area (Å²) in [6.07, 6.45) is -4.28. The van der Waals surface area contributed by atoms with E-state index >= 15 is 0 Å². The zero-order valence-corrected chi connectivity index (χ0v) is 9.37. The molecule has 0 saturated heterocycles. The summed E-state index contributed by atoms with van der Waals surface area (Å²) >= 11 is 0. The second-order valence-electron chi connectivity index (χ2n) is 4.63. The second kappa shape index (κ2) is 3.09. The molecule has 0 radical (unpaired) electrons. The van der Waals surface area contributed by atoms with Crippen LogP contribution in [0.3, 0.4) is 0 Å². The normalized spacial score (nSPS) is 18.2. The molecule has 0 atom stereocenters. The van der Waals surface area contributed by atoms with Crippen LogP contribution in [0, 0.1) is 0 Å². The predicted molar refractivity (Wildman–Crippen MR) is 55.8 cm³/mol. The van der Waals surface area contributed by atoms with E-state index in [4.69, 9.17) is 0 Å². The smallest absolute Gasteiger partial charge is 0.212 e. The average molecular weight is 228 g/mol. The van der Waals surface area contributed by atoms with Gasteiger partial charge in [0.2, 0.25) is 5.69 Å². The Morgan fingerprint density at radius 2 is 1.81 bits per heavy atom. The minimum Gasteiger partial charge on any atom is -0.212 e. The fourth-order valence-electron chi connectivity index (χ4n) is 1.91. The highest BCUT2D eigenvalue weighted by molar-refractivity contribution is 5.92. The second-order valence-corrected chi connectivity index (χ2v) is 4.63. The number of fused-ring (bicyclic) bond motifs is 1. The number of alkyl halides is 3. The van der Waals surface area contributed by atoms with Gasteiger partial charge in [0.25, 0.3) is 0 Å². The van der Waals surface area contributed by atoms with Gasteiger partial charge in [0, 0.05) is 18.6 Å². The highest BCUT2D eigenvalue weighted by atomic mass is 19.4. The zero-order chi connectivity index (χ0) is 12.1. The van der Waals surface area contributed by atoms with E-state index in [1.807, 2.05) is 20.8 Å². The van der Waals surface area contributed by atoms with Crippen molar-refractivity contribution in [1.82, 2.24) is 0 Å². The Morgan fingerprint density at radius 3 is 2.38 bits per heavy atom. The van der Waals surface area contributed by atoms with Crippen molar-refractivity contribution in [2.45, 2.75) is 32.4 Å². The summed E-state index contributed by atoms with van der Waals surface area (Å²) in [4.78, 5) is 3.12. The lowest BCUT2D eigenvalue weighted by molar-refractivity contribution is -0.351. The maximum atomic E-state index is 12.6. The molecular weight excluding hydrogens is 215 g/mol. The first-order valence-electron chi connectivity index (χ1n) is 5.05. The summed E-state index contributed by atoms with van der Waals surface area (Å²) in [5, 5.41) is 0. The van der Waals surface area contributed by atoms with Crippen LogP contribution in [-0.2, 0) is 11.6 Å². The molecule has 1 aliphatic heterocycles. The molecule has 16 heavy (non-hydrogen) atoms. The molecule has 0 spiro atoms. The molecule has 0 amide bonds. The van der Waals surface area contributed by atoms with Crippen molar-refractivity contribution in [2.75, 3.05) is 0 Å². The fraction of sp³-hybridized carbons (Fsp3) is 0.417. The first kappa shape index (κ1) is 11.2. The first-order chi connectivity index (χ1) is 7.23. The van der Waals surface area contributed by atoms with Crippen molar-refractivity contribution < 1.29 is 18.2 Å². The van der Waals surface area contributed by atoms with Crippen molar-refractivity contribution in [1.29, 1.82) is 0 Å². The van der Waals surface area contributed by atoms with E-state index in [2.05, 4.69) is 4.99 Å². The molecular formula is C12H13F3N+. The Morgan fingerprint density at radius 1 is 1.19 bits per heavy atom. The van der Waals surface area contributed by atoms with Gasteiger partial charge in [-0.1, -0.05) is 0 Å². The molecule has 1 heterocycles. The van der Waals surface area contributed by atoms with Crippen LogP contribution in [0.5, 0.6) is 0 Å². The van der Waals surface area contributed by atoms with E-state index in [1.165, 1.54) is 12.1 Å². The van der Waals surface area contributed by atoms with Crippen molar-refractivity contribution in [3.8, 4) is 0 Å². The van der Waals surface area contributed by atoms with Crippen molar-refractivity contribution in [3.63, 3.8) is 0 Å². The molecule has 4 heteroatoms. The van der Waals surface area contributed by atoms with Crippen molar-refractivity contribution in [3.05, 3.63) is 29.3 Å². The predicted octanol–water partition coefficient (Wildman–Crippen LogP) is 2.17. The van der Waals surface area contributed by atoms with Crippen LogP contribution in [0.1, 0.15) is 31.9 Å². The van der Waals surface area contributed by atoms with Gasteiger partial charge < -0.3 is 0 Å². The Balaban J connectivity index is 2.57. The third-order valence-corrected chi connectivity index (χ3v) is 3.28. The van der Waals surface area contributed by atoms with Gasteiger partial charge in [-0.2, -0.15) is 13.2 Å². The maximum Gasteiger partial charge on any atom is 0.416 e. The van der Waals surface area contributed by atoms with Gasteiger partial charge in [0.15, 0.2) is 5.71 Å². The molecule has 1 nitrogen and oxygen atoms in total. The van der Waals surface area contributed by atoms with Gasteiger partial charge in [-0.15, -0.1) is 0 Å². The van der Waals surface area contributed by atoms with E-state index < -0.39 is 11.7 Å². The van der Waals surface area contributed by atoms with Gasteiger partial charge >= 0.3 is 6.18 Å². The standard InChI is InChI=1S/C12H12F3N/c1-7-11(2,3)9-6-8(12(13,14)15)4-5-10(9)16-7/h4-6H,1-3H3/p+1. The molecule has 1 aromatic carbocycles. The van der Waals surface area contributed by atoms with Gasteiger partial charge in [-0.05, 0) is 26.0 Å².